The third-order valence-corrected chi connectivity index (χ3v) is 2.91. The first kappa shape index (κ1) is 12.6. The fourth-order valence-electron chi connectivity index (χ4n) is 1.66. The molecule has 18 heavy (non-hydrogen) atoms. The van der Waals surface area contributed by atoms with E-state index in [9.17, 15) is 4.79 Å². The lowest BCUT2D eigenvalue weighted by molar-refractivity contribution is 0.0954. The lowest BCUT2D eigenvalue weighted by Crippen LogP contribution is -2.25. The minimum absolute atomic E-state index is 0.149. The Hall–Kier alpha value is -1.81. The van der Waals surface area contributed by atoms with Crippen LogP contribution in [0.5, 0.6) is 0 Å². The molecule has 1 N–H and O–H groups in total. The Morgan fingerprint density at radius 3 is 2.89 bits per heavy atom. The average Bonchev–Trinajstić information content (AvgIpc) is 2.75. The van der Waals surface area contributed by atoms with Crippen molar-refractivity contribution in [1.29, 1.82) is 0 Å². The van der Waals surface area contributed by atoms with Crippen LogP contribution in [0.15, 0.2) is 36.7 Å². The summed E-state index contributed by atoms with van der Waals surface area (Å²) in [6.45, 7) is 0.565. The molecule has 1 aromatic heterocycles. The Labute approximate surface area is 111 Å². The monoisotopic (exact) mass is 263 g/mol. The number of nitrogens with one attached hydrogen (secondary N) is 1. The molecule has 0 bridgehead atoms. The van der Waals surface area contributed by atoms with Crippen LogP contribution in [-0.4, -0.2) is 22.2 Å². The summed E-state index contributed by atoms with van der Waals surface area (Å²) in [7, 11) is 1.87. The van der Waals surface area contributed by atoms with Gasteiger partial charge in [0.05, 0.1) is 16.8 Å². The lowest BCUT2D eigenvalue weighted by atomic mass is 10.2. The number of nitrogens with zero attached hydrogens (tertiary/aromatic N) is 2. The van der Waals surface area contributed by atoms with Gasteiger partial charge in [-0.25, -0.2) is 0 Å². The Balaban J connectivity index is 1.87. The number of amides is 1. The molecular formula is C13H14ClN3O. The van der Waals surface area contributed by atoms with Gasteiger partial charge in [-0.15, -0.1) is 0 Å². The summed E-state index contributed by atoms with van der Waals surface area (Å²) in [6.07, 6.45) is 4.48. The van der Waals surface area contributed by atoms with Crippen molar-refractivity contribution in [2.45, 2.75) is 6.42 Å². The predicted octanol–water partition coefficient (Wildman–Crippen LogP) is 2.05. The normalized spacial score (nSPS) is 10.3. The van der Waals surface area contributed by atoms with Gasteiger partial charge in [-0.1, -0.05) is 23.7 Å². The summed E-state index contributed by atoms with van der Waals surface area (Å²) in [5.41, 5.74) is 1.60. The van der Waals surface area contributed by atoms with Crippen LogP contribution in [0, 0.1) is 0 Å². The highest BCUT2D eigenvalue weighted by atomic mass is 35.5. The van der Waals surface area contributed by atoms with E-state index in [0.29, 0.717) is 17.1 Å². The lowest BCUT2D eigenvalue weighted by Gasteiger charge is -2.05. The van der Waals surface area contributed by atoms with Crippen LogP contribution in [0.3, 0.4) is 0 Å². The van der Waals surface area contributed by atoms with Gasteiger partial charge in [0.2, 0.25) is 0 Å². The van der Waals surface area contributed by atoms with Crippen molar-refractivity contribution in [2.75, 3.05) is 6.54 Å². The van der Waals surface area contributed by atoms with E-state index in [1.165, 1.54) is 0 Å². The van der Waals surface area contributed by atoms with Crippen LogP contribution in [0.1, 0.15) is 15.9 Å². The average molecular weight is 264 g/mol. The number of aromatic nitrogens is 2. The summed E-state index contributed by atoms with van der Waals surface area (Å²) in [5.74, 6) is -0.149. The SMILES string of the molecule is Cn1cc(CCNC(=O)c2ccccc2Cl)cn1. The molecule has 0 fully saturated rings. The maximum absolute atomic E-state index is 11.8. The molecule has 4 nitrogen and oxygen atoms in total. The van der Waals surface area contributed by atoms with Crippen LogP contribution < -0.4 is 5.32 Å². The third-order valence-electron chi connectivity index (χ3n) is 2.58. The number of aryl methyl sites for hydroxylation is 1. The molecule has 0 atom stereocenters. The molecule has 0 saturated carbocycles. The highest BCUT2D eigenvalue weighted by Crippen LogP contribution is 2.14. The van der Waals surface area contributed by atoms with Crippen LogP contribution in [0.25, 0.3) is 0 Å². The van der Waals surface area contributed by atoms with Crippen molar-refractivity contribution < 1.29 is 4.79 Å². The molecular weight excluding hydrogens is 250 g/mol. The van der Waals surface area contributed by atoms with Gasteiger partial charge in [0.15, 0.2) is 0 Å². The van der Waals surface area contributed by atoms with Crippen molar-refractivity contribution in [3.63, 3.8) is 0 Å². The molecule has 0 aliphatic carbocycles. The molecule has 1 heterocycles. The summed E-state index contributed by atoms with van der Waals surface area (Å²) in [4.78, 5) is 11.8. The van der Waals surface area contributed by atoms with Crippen LogP contribution in [-0.2, 0) is 13.5 Å². The third kappa shape index (κ3) is 3.11. The molecule has 0 saturated heterocycles. The Morgan fingerprint density at radius 2 is 2.22 bits per heavy atom. The molecule has 0 spiro atoms. The number of carbonyl (C=O) groups is 1. The van der Waals surface area contributed by atoms with Crippen molar-refractivity contribution in [3.8, 4) is 0 Å². The molecule has 0 aliphatic rings. The van der Waals surface area contributed by atoms with Crippen LogP contribution >= 0.6 is 11.6 Å². The van der Waals surface area contributed by atoms with E-state index in [0.717, 1.165) is 12.0 Å². The predicted molar refractivity (Wildman–Crippen MR) is 70.7 cm³/mol. The van der Waals surface area contributed by atoms with Crippen molar-refractivity contribution >= 4 is 17.5 Å². The zero-order valence-electron chi connectivity index (χ0n) is 10.1. The zero-order valence-corrected chi connectivity index (χ0v) is 10.8. The van der Waals surface area contributed by atoms with Gasteiger partial charge >= 0.3 is 0 Å². The topological polar surface area (TPSA) is 46.9 Å². The molecule has 5 heteroatoms. The Morgan fingerprint density at radius 1 is 1.44 bits per heavy atom. The maximum atomic E-state index is 11.8. The van der Waals surface area contributed by atoms with Gasteiger partial charge in [-0.3, -0.25) is 9.48 Å². The number of carbonyl (C=O) groups excluding carboxylic acids is 1. The first-order chi connectivity index (χ1) is 8.66. The Bertz CT molecular complexity index is 551. The number of hydrogen-bond donors (Lipinski definition) is 1. The second-order valence-corrected chi connectivity index (χ2v) is 4.42. The first-order valence-corrected chi connectivity index (χ1v) is 6.05. The minimum Gasteiger partial charge on any atom is -0.352 e. The van der Waals surface area contributed by atoms with Crippen LogP contribution in [0.2, 0.25) is 5.02 Å². The van der Waals surface area contributed by atoms with E-state index in [1.807, 2.05) is 13.2 Å². The van der Waals surface area contributed by atoms with Gasteiger partial charge in [0, 0.05) is 19.8 Å². The summed E-state index contributed by atoms with van der Waals surface area (Å²) >= 11 is 5.94. The van der Waals surface area contributed by atoms with Gasteiger partial charge in [-0.05, 0) is 24.1 Å². The van der Waals surface area contributed by atoms with E-state index >= 15 is 0 Å². The zero-order chi connectivity index (χ0) is 13.0. The van der Waals surface area contributed by atoms with Gasteiger partial charge in [0.25, 0.3) is 5.91 Å². The smallest absolute Gasteiger partial charge is 0.252 e. The van der Waals surface area contributed by atoms with Crippen molar-refractivity contribution in [2.24, 2.45) is 7.05 Å². The van der Waals surface area contributed by atoms with Gasteiger partial charge in [-0.2, -0.15) is 5.10 Å². The van der Waals surface area contributed by atoms with E-state index in [2.05, 4.69) is 10.4 Å². The van der Waals surface area contributed by atoms with Crippen molar-refractivity contribution in [3.05, 3.63) is 52.8 Å². The van der Waals surface area contributed by atoms with E-state index < -0.39 is 0 Å². The molecule has 0 unspecified atom stereocenters. The van der Waals surface area contributed by atoms with Crippen molar-refractivity contribution in [1.82, 2.24) is 15.1 Å². The number of benzene rings is 1. The van der Waals surface area contributed by atoms with Crippen LogP contribution in [0.4, 0.5) is 0 Å². The van der Waals surface area contributed by atoms with Gasteiger partial charge < -0.3 is 5.32 Å². The molecule has 0 radical (unpaired) electrons. The number of hydrogen-bond acceptors (Lipinski definition) is 2. The molecule has 1 aromatic carbocycles. The van der Waals surface area contributed by atoms with Gasteiger partial charge in [0.1, 0.15) is 0 Å². The Kier molecular flexibility index (Phi) is 3.99. The fourth-order valence-corrected chi connectivity index (χ4v) is 1.88. The first-order valence-electron chi connectivity index (χ1n) is 5.67. The molecule has 94 valence electrons. The molecule has 0 aliphatic heterocycles. The summed E-state index contributed by atoms with van der Waals surface area (Å²) < 4.78 is 1.74. The molecule has 1 amide bonds. The molecule has 2 aromatic rings. The van der Waals surface area contributed by atoms with E-state index in [4.69, 9.17) is 11.6 Å². The highest BCUT2D eigenvalue weighted by molar-refractivity contribution is 6.33. The summed E-state index contributed by atoms with van der Waals surface area (Å²) in [6, 6.07) is 7.01. The number of rotatable bonds is 4. The minimum atomic E-state index is -0.149. The second kappa shape index (κ2) is 5.69. The highest BCUT2D eigenvalue weighted by Gasteiger charge is 2.08. The summed E-state index contributed by atoms with van der Waals surface area (Å²) in [5, 5.41) is 7.38. The quantitative estimate of drug-likeness (QED) is 0.918. The largest absolute Gasteiger partial charge is 0.352 e. The second-order valence-electron chi connectivity index (χ2n) is 4.01. The fraction of sp³-hybridized carbons (Fsp3) is 0.231. The van der Waals surface area contributed by atoms with E-state index in [1.54, 1.807) is 35.1 Å². The maximum Gasteiger partial charge on any atom is 0.252 e. The molecule has 2 rings (SSSR count). The number of halogens is 1. The van der Waals surface area contributed by atoms with E-state index in [-0.39, 0.29) is 5.91 Å². The standard InChI is InChI=1S/C13H14ClN3O/c1-17-9-10(8-16-17)6-7-15-13(18)11-4-2-3-5-12(11)14/h2-5,8-9H,6-7H2,1H3,(H,15,18).